The van der Waals surface area contributed by atoms with Crippen LogP contribution in [0.4, 0.5) is 11.6 Å². The van der Waals surface area contributed by atoms with Gasteiger partial charge in [-0.1, -0.05) is 23.4 Å². The fourth-order valence-electron chi connectivity index (χ4n) is 2.97. The lowest BCUT2D eigenvalue weighted by atomic mass is 10.3. The van der Waals surface area contributed by atoms with Crippen LogP contribution in [0.3, 0.4) is 0 Å². The number of morpholine rings is 1. The number of hydrogen-bond donors (Lipinski definition) is 1. The molecule has 0 spiro atoms. The Balaban J connectivity index is 1.45. The van der Waals surface area contributed by atoms with E-state index < -0.39 is 0 Å². The van der Waals surface area contributed by atoms with Gasteiger partial charge in [0.25, 0.3) is 0 Å². The van der Waals surface area contributed by atoms with Crippen LogP contribution < -0.4 is 10.2 Å². The van der Waals surface area contributed by atoms with Crippen LogP contribution in [0.5, 0.6) is 0 Å². The summed E-state index contributed by atoms with van der Waals surface area (Å²) in [6, 6.07) is 7.54. The van der Waals surface area contributed by atoms with E-state index in [1.807, 2.05) is 6.92 Å². The zero-order chi connectivity index (χ0) is 18.8. The summed E-state index contributed by atoms with van der Waals surface area (Å²) in [6.45, 7) is 4.94. The average molecular weight is 408 g/mol. The fourth-order valence-corrected chi connectivity index (χ4v) is 4.01. The van der Waals surface area contributed by atoms with Gasteiger partial charge in [0, 0.05) is 29.8 Å². The van der Waals surface area contributed by atoms with Gasteiger partial charge >= 0.3 is 0 Å². The van der Waals surface area contributed by atoms with Crippen LogP contribution in [0, 0.1) is 0 Å². The van der Waals surface area contributed by atoms with Gasteiger partial charge in [0.2, 0.25) is 11.9 Å². The number of amides is 1. The summed E-state index contributed by atoms with van der Waals surface area (Å²) in [5.41, 5.74) is 0.731. The first kappa shape index (κ1) is 18.6. The van der Waals surface area contributed by atoms with E-state index in [1.165, 1.54) is 11.8 Å². The molecule has 2 aromatic rings. The van der Waals surface area contributed by atoms with Gasteiger partial charge in [0.1, 0.15) is 0 Å². The molecule has 0 bridgehead atoms. The fraction of sp³-hybridized carbons (Fsp3) is 0.500. The number of aromatic nitrogens is 3. The number of ether oxygens (including phenoxy) is 1. The summed E-state index contributed by atoms with van der Waals surface area (Å²) in [5, 5.41) is 12.9. The molecule has 1 saturated carbocycles. The van der Waals surface area contributed by atoms with Gasteiger partial charge in [0.15, 0.2) is 5.16 Å². The molecular formula is C18H22ClN5O2S. The molecule has 1 saturated heterocycles. The molecule has 27 heavy (non-hydrogen) atoms. The van der Waals surface area contributed by atoms with E-state index in [0.29, 0.717) is 24.3 Å². The minimum atomic E-state index is -0.292. The summed E-state index contributed by atoms with van der Waals surface area (Å²) in [5.74, 6) is 0.828. The van der Waals surface area contributed by atoms with Gasteiger partial charge in [-0.25, -0.2) is 0 Å². The van der Waals surface area contributed by atoms with E-state index in [2.05, 4.69) is 25.0 Å². The van der Waals surface area contributed by atoms with Gasteiger partial charge in [0.05, 0.1) is 18.5 Å². The monoisotopic (exact) mass is 407 g/mol. The maximum Gasteiger partial charge on any atom is 0.237 e. The average Bonchev–Trinajstić information content (AvgIpc) is 3.44. The second-order valence-electron chi connectivity index (χ2n) is 6.74. The number of anilines is 2. The summed E-state index contributed by atoms with van der Waals surface area (Å²) < 4.78 is 7.63. The molecule has 1 aromatic heterocycles. The molecule has 2 fully saturated rings. The van der Waals surface area contributed by atoms with E-state index in [9.17, 15) is 4.79 Å². The first-order valence-corrected chi connectivity index (χ1v) is 10.4. The van der Waals surface area contributed by atoms with E-state index in [-0.39, 0.29) is 11.2 Å². The highest BCUT2D eigenvalue weighted by Gasteiger charge is 2.33. The van der Waals surface area contributed by atoms with E-state index >= 15 is 0 Å². The Morgan fingerprint density at radius 2 is 1.96 bits per heavy atom. The smallest absolute Gasteiger partial charge is 0.237 e. The number of halogens is 1. The molecule has 4 rings (SSSR count). The first-order valence-electron chi connectivity index (χ1n) is 9.12. The first-order chi connectivity index (χ1) is 13.1. The zero-order valence-corrected chi connectivity index (χ0v) is 16.7. The molecule has 1 N–H and O–H groups in total. The largest absolute Gasteiger partial charge is 0.378 e. The summed E-state index contributed by atoms with van der Waals surface area (Å²) in [4.78, 5) is 14.8. The number of thioether (sulfide) groups is 1. The lowest BCUT2D eigenvalue weighted by molar-refractivity contribution is -0.115. The van der Waals surface area contributed by atoms with Gasteiger partial charge in [-0.15, -0.1) is 10.2 Å². The van der Waals surface area contributed by atoms with Crippen molar-refractivity contribution in [1.29, 1.82) is 0 Å². The van der Waals surface area contributed by atoms with Crippen molar-refractivity contribution < 1.29 is 9.53 Å². The predicted molar refractivity (Wildman–Crippen MR) is 107 cm³/mol. The molecule has 2 heterocycles. The third kappa shape index (κ3) is 4.39. The van der Waals surface area contributed by atoms with Crippen molar-refractivity contribution in [3.63, 3.8) is 0 Å². The van der Waals surface area contributed by atoms with Crippen molar-refractivity contribution in [2.45, 2.75) is 36.2 Å². The van der Waals surface area contributed by atoms with Crippen molar-refractivity contribution in [2.75, 3.05) is 36.5 Å². The molecule has 144 valence electrons. The normalized spacial score (nSPS) is 18.4. The summed E-state index contributed by atoms with van der Waals surface area (Å²) in [7, 11) is 0. The maximum atomic E-state index is 12.6. The van der Waals surface area contributed by atoms with Gasteiger partial charge in [-0.2, -0.15) is 0 Å². The number of rotatable bonds is 6. The quantitative estimate of drug-likeness (QED) is 0.741. The maximum absolute atomic E-state index is 12.6. The molecule has 1 amide bonds. The zero-order valence-electron chi connectivity index (χ0n) is 15.1. The molecule has 7 nitrogen and oxygen atoms in total. The van der Waals surface area contributed by atoms with Crippen molar-refractivity contribution in [3.8, 4) is 0 Å². The third-order valence-electron chi connectivity index (χ3n) is 4.62. The summed E-state index contributed by atoms with van der Waals surface area (Å²) in [6.07, 6.45) is 2.27. The van der Waals surface area contributed by atoms with Crippen molar-refractivity contribution >= 4 is 40.9 Å². The van der Waals surface area contributed by atoms with Crippen LogP contribution in [0.15, 0.2) is 29.4 Å². The minimum Gasteiger partial charge on any atom is -0.378 e. The second-order valence-corrected chi connectivity index (χ2v) is 8.48. The molecule has 1 unspecified atom stereocenters. The van der Waals surface area contributed by atoms with Gasteiger partial charge in [-0.05, 0) is 44.0 Å². The number of hydrogen-bond acceptors (Lipinski definition) is 6. The Kier molecular flexibility index (Phi) is 5.56. The Bertz CT molecular complexity index is 803. The van der Waals surface area contributed by atoms with Gasteiger partial charge < -0.3 is 15.0 Å². The number of nitrogens with one attached hydrogen (secondary N) is 1. The van der Waals surface area contributed by atoms with E-state index in [4.69, 9.17) is 16.3 Å². The summed E-state index contributed by atoms with van der Waals surface area (Å²) >= 11 is 7.34. The van der Waals surface area contributed by atoms with Crippen LogP contribution in [0.2, 0.25) is 5.02 Å². The Labute approximate surface area is 167 Å². The molecule has 9 heteroatoms. The van der Waals surface area contributed by atoms with E-state index in [0.717, 1.165) is 42.7 Å². The molecule has 1 aliphatic heterocycles. The lowest BCUT2D eigenvalue weighted by Crippen LogP contribution is -2.38. The van der Waals surface area contributed by atoms with Crippen molar-refractivity contribution in [3.05, 3.63) is 29.3 Å². The van der Waals surface area contributed by atoms with Crippen LogP contribution in [0.25, 0.3) is 0 Å². The topological polar surface area (TPSA) is 72.3 Å². The molecule has 1 aliphatic carbocycles. The lowest BCUT2D eigenvalue weighted by Gasteiger charge is -2.28. The highest BCUT2D eigenvalue weighted by Crippen LogP contribution is 2.41. The van der Waals surface area contributed by atoms with Crippen molar-refractivity contribution in [1.82, 2.24) is 14.8 Å². The van der Waals surface area contributed by atoms with E-state index in [1.54, 1.807) is 24.3 Å². The number of carbonyl (C=O) groups excluding carboxylic acids is 1. The molecule has 0 radical (unpaired) electrons. The Morgan fingerprint density at radius 1 is 1.26 bits per heavy atom. The number of benzene rings is 1. The molecule has 1 atom stereocenters. The third-order valence-corrected chi connectivity index (χ3v) is 5.92. The van der Waals surface area contributed by atoms with Crippen LogP contribution in [-0.2, 0) is 9.53 Å². The second kappa shape index (κ2) is 8.08. The Hall–Kier alpha value is -1.77. The molecular weight excluding hydrogens is 386 g/mol. The Morgan fingerprint density at radius 3 is 2.63 bits per heavy atom. The highest BCUT2D eigenvalue weighted by molar-refractivity contribution is 8.00. The number of nitrogens with zero attached hydrogens (tertiary/aromatic N) is 4. The molecule has 1 aromatic carbocycles. The van der Waals surface area contributed by atoms with Crippen LogP contribution in [0.1, 0.15) is 25.8 Å². The number of carbonyl (C=O) groups is 1. The standard InChI is InChI=1S/C18H22ClN5O2S/c1-12(16(25)20-14-4-2-13(19)3-5-14)27-18-22-21-17(24(18)15-6-7-15)23-8-10-26-11-9-23/h2-5,12,15H,6-11H2,1H3,(H,20,25). The van der Waals surface area contributed by atoms with Crippen LogP contribution in [-0.4, -0.2) is 52.2 Å². The predicted octanol–water partition coefficient (Wildman–Crippen LogP) is 3.22. The minimum absolute atomic E-state index is 0.0689. The highest BCUT2D eigenvalue weighted by atomic mass is 35.5. The molecule has 2 aliphatic rings. The van der Waals surface area contributed by atoms with Crippen LogP contribution >= 0.6 is 23.4 Å². The SMILES string of the molecule is CC(Sc1nnc(N2CCOCC2)n1C1CC1)C(=O)Nc1ccc(Cl)cc1. The van der Waals surface area contributed by atoms with Crippen molar-refractivity contribution in [2.24, 2.45) is 0 Å². The van der Waals surface area contributed by atoms with Gasteiger partial charge in [-0.3, -0.25) is 9.36 Å².